The number of carbonyl (C=O) groups excluding carboxylic acids is 2. The highest BCUT2D eigenvalue weighted by Gasteiger charge is 2.13. The first-order valence-electron chi connectivity index (χ1n) is 7.63. The third kappa shape index (κ3) is 5.42. The van der Waals surface area contributed by atoms with Crippen LogP contribution in [0.25, 0.3) is 0 Å². The van der Waals surface area contributed by atoms with E-state index in [1.807, 2.05) is 6.92 Å². The average Bonchev–Trinajstić information content (AvgIpc) is 2.60. The second-order valence-corrected chi connectivity index (χ2v) is 6.82. The van der Waals surface area contributed by atoms with Crippen LogP contribution in [0.2, 0.25) is 0 Å². The van der Waals surface area contributed by atoms with E-state index in [9.17, 15) is 19.7 Å². The fourth-order valence-corrected chi connectivity index (χ4v) is 3.01. The summed E-state index contributed by atoms with van der Waals surface area (Å²) in [7, 11) is 0. The molecule has 0 aliphatic rings. The number of non-ortho nitro benzene ring substituents is 1. The maximum atomic E-state index is 12.1. The third-order valence-electron chi connectivity index (χ3n) is 3.57. The lowest BCUT2D eigenvalue weighted by Crippen LogP contribution is -2.15. The fourth-order valence-electron chi connectivity index (χ4n) is 2.20. The highest BCUT2D eigenvalue weighted by Crippen LogP contribution is 2.30. The monoisotopic (exact) mass is 358 g/mol. The van der Waals surface area contributed by atoms with Crippen LogP contribution in [0.3, 0.4) is 0 Å². The summed E-state index contributed by atoms with van der Waals surface area (Å²) >= 11 is 1.39. The summed E-state index contributed by atoms with van der Waals surface area (Å²) in [5.41, 5.74) is 1.94. The Morgan fingerprint density at radius 1 is 1.20 bits per heavy atom. The molecule has 0 fully saturated rings. The van der Waals surface area contributed by atoms with E-state index in [2.05, 4.69) is 5.32 Å². The summed E-state index contributed by atoms with van der Waals surface area (Å²) in [4.78, 5) is 33.8. The number of hydrogen-bond donors (Lipinski definition) is 1. The van der Waals surface area contributed by atoms with Crippen LogP contribution in [0.5, 0.6) is 0 Å². The molecular weight excluding hydrogens is 340 g/mol. The van der Waals surface area contributed by atoms with E-state index in [4.69, 9.17) is 0 Å². The number of nitro benzene ring substituents is 1. The summed E-state index contributed by atoms with van der Waals surface area (Å²) in [6.45, 7) is 3.37. The molecule has 2 aromatic carbocycles. The molecule has 0 radical (unpaired) electrons. The number of anilines is 1. The Labute approximate surface area is 149 Å². The second-order valence-electron chi connectivity index (χ2n) is 5.49. The van der Waals surface area contributed by atoms with Crippen molar-refractivity contribution in [3.05, 3.63) is 69.8 Å². The molecule has 2 aromatic rings. The van der Waals surface area contributed by atoms with Gasteiger partial charge in [0.15, 0.2) is 5.78 Å². The molecule has 1 amide bonds. The highest BCUT2D eigenvalue weighted by molar-refractivity contribution is 8.00. The number of Topliss-reactive ketones (excluding diaryl/α,β-unsaturated/α-hetero) is 1. The van der Waals surface area contributed by atoms with Gasteiger partial charge in [-0.25, -0.2) is 0 Å². The lowest BCUT2D eigenvalue weighted by Gasteiger charge is -2.12. The maximum Gasteiger partial charge on any atom is 0.269 e. The molecule has 0 heterocycles. The van der Waals surface area contributed by atoms with Crippen LogP contribution in [-0.4, -0.2) is 22.4 Å². The Bertz CT molecular complexity index is 807. The van der Waals surface area contributed by atoms with Crippen molar-refractivity contribution >= 4 is 34.8 Å². The Morgan fingerprint density at radius 2 is 1.92 bits per heavy atom. The van der Waals surface area contributed by atoms with Crippen LogP contribution in [0.4, 0.5) is 11.4 Å². The van der Waals surface area contributed by atoms with Gasteiger partial charge < -0.3 is 5.32 Å². The van der Waals surface area contributed by atoms with E-state index in [0.717, 1.165) is 5.56 Å². The van der Waals surface area contributed by atoms with Crippen LogP contribution in [0.15, 0.2) is 48.5 Å². The number of nitrogens with one attached hydrogen (secondary N) is 1. The molecule has 0 unspecified atom stereocenters. The number of ketones is 1. The summed E-state index contributed by atoms with van der Waals surface area (Å²) < 4.78 is 0. The molecule has 25 heavy (non-hydrogen) atoms. The summed E-state index contributed by atoms with van der Waals surface area (Å²) in [6, 6.07) is 13.2. The lowest BCUT2D eigenvalue weighted by molar-refractivity contribution is -0.384. The van der Waals surface area contributed by atoms with Gasteiger partial charge in [0.1, 0.15) is 0 Å². The number of carbonyl (C=O) groups is 2. The molecular formula is C18H18N2O4S. The summed E-state index contributed by atoms with van der Waals surface area (Å²) in [5, 5.41) is 13.5. The summed E-state index contributed by atoms with van der Waals surface area (Å²) in [6.07, 6.45) is 0. The predicted molar refractivity (Wildman–Crippen MR) is 99.0 cm³/mol. The molecule has 7 heteroatoms. The number of nitro groups is 1. The minimum Gasteiger partial charge on any atom is -0.325 e. The van der Waals surface area contributed by atoms with E-state index >= 15 is 0 Å². The SMILES string of the molecule is CC(=O)c1cccc(NC(=O)CS[C@H](C)c2cccc([N+](=O)[O-])c2)c1. The number of amides is 1. The predicted octanol–water partition coefficient (Wildman–Crippen LogP) is 4.23. The normalized spacial score (nSPS) is 11.6. The van der Waals surface area contributed by atoms with Gasteiger partial charge in [0.25, 0.3) is 5.69 Å². The molecule has 0 saturated carbocycles. The van der Waals surface area contributed by atoms with Gasteiger partial charge in [-0.05, 0) is 31.5 Å². The first-order valence-corrected chi connectivity index (χ1v) is 8.68. The van der Waals surface area contributed by atoms with Gasteiger partial charge >= 0.3 is 0 Å². The zero-order valence-electron chi connectivity index (χ0n) is 13.9. The number of benzene rings is 2. The van der Waals surface area contributed by atoms with Crippen molar-refractivity contribution in [1.29, 1.82) is 0 Å². The van der Waals surface area contributed by atoms with Crippen LogP contribution in [0, 0.1) is 10.1 Å². The Hall–Kier alpha value is -2.67. The zero-order valence-corrected chi connectivity index (χ0v) is 14.7. The van der Waals surface area contributed by atoms with Crippen LogP contribution >= 0.6 is 11.8 Å². The van der Waals surface area contributed by atoms with Gasteiger partial charge in [-0.1, -0.05) is 24.3 Å². The minimum absolute atomic E-state index is 0.0375. The van der Waals surface area contributed by atoms with E-state index in [-0.39, 0.29) is 28.4 Å². The fraction of sp³-hybridized carbons (Fsp3) is 0.222. The Balaban J connectivity index is 1.93. The number of hydrogen-bond acceptors (Lipinski definition) is 5. The van der Waals surface area contributed by atoms with Gasteiger partial charge in [0, 0.05) is 28.6 Å². The lowest BCUT2D eigenvalue weighted by atomic mass is 10.1. The van der Waals surface area contributed by atoms with Crippen molar-refractivity contribution in [2.45, 2.75) is 19.1 Å². The molecule has 0 aliphatic heterocycles. The second kappa shape index (κ2) is 8.43. The van der Waals surface area contributed by atoms with Gasteiger partial charge in [-0.2, -0.15) is 0 Å². The Morgan fingerprint density at radius 3 is 2.60 bits per heavy atom. The standard InChI is InChI=1S/C18H18N2O4S/c1-12(21)14-5-3-7-16(9-14)19-18(22)11-25-13(2)15-6-4-8-17(10-15)20(23)24/h3-10,13H,11H2,1-2H3,(H,19,22)/t13-/m1/s1. The van der Waals surface area contributed by atoms with E-state index in [0.29, 0.717) is 11.3 Å². The molecule has 0 saturated heterocycles. The highest BCUT2D eigenvalue weighted by atomic mass is 32.2. The van der Waals surface area contributed by atoms with E-state index < -0.39 is 4.92 Å². The van der Waals surface area contributed by atoms with Crippen molar-refractivity contribution in [3.63, 3.8) is 0 Å². The molecule has 1 N–H and O–H groups in total. The zero-order chi connectivity index (χ0) is 18.4. The van der Waals surface area contributed by atoms with Gasteiger partial charge in [-0.3, -0.25) is 19.7 Å². The number of nitrogens with zero attached hydrogens (tertiary/aromatic N) is 1. The molecule has 0 spiro atoms. The average molecular weight is 358 g/mol. The molecule has 0 aliphatic carbocycles. The third-order valence-corrected chi connectivity index (χ3v) is 4.77. The summed E-state index contributed by atoms with van der Waals surface area (Å²) in [5.74, 6) is -0.0542. The first-order chi connectivity index (χ1) is 11.9. The molecule has 1 atom stereocenters. The molecule has 0 bridgehead atoms. The van der Waals surface area contributed by atoms with Crippen molar-refractivity contribution in [2.24, 2.45) is 0 Å². The van der Waals surface area contributed by atoms with Crippen molar-refractivity contribution in [3.8, 4) is 0 Å². The molecule has 2 rings (SSSR count). The quantitative estimate of drug-likeness (QED) is 0.454. The Kier molecular flexibility index (Phi) is 6.30. The van der Waals surface area contributed by atoms with Crippen molar-refractivity contribution in [1.82, 2.24) is 0 Å². The van der Waals surface area contributed by atoms with Crippen LogP contribution < -0.4 is 5.32 Å². The smallest absolute Gasteiger partial charge is 0.269 e. The maximum absolute atomic E-state index is 12.1. The van der Waals surface area contributed by atoms with Gasteiger partial charge in [-0.15, -0.1) is 11.8 Å². The van der Waals surface area contributed by atoms with Crippen LogP contribution in [0.1, 0.15) is 35.0 Å². The number of rotatable bonds is 7. The molecule has 0 aromatic heterocycles. The van der Waals surface area contributed by atoms with E-state index in [1.54, 1.807) is 36.4 Å². The van der Waals surface area contributed by atoms with Crippen LogP contribution in [-0.2, 0) is 4.79 Å². The minimum atomic E-state index is -0.435. The first kappa shape index (κ1) is 18.7. The molecule has 6 nitrogen and oxygen atoms in total. The largest absolute Gasteiger partial charge is 0.325 e. The molecule has 130 valence electrons. The van der Waals surface area contributed by atoms with Gasteiger partial charge in [0.05, 0.1) is 10.7 Å². The van der Waals surface area contributed by atoms with Gasteiger partial charge in [0.2, 0.25) is 5.91 Å². The number of thioether (sulfide) groups is 1. The van der Waals surface area contributed by atoms with E-state index in [1.165, 1.54) is 30.8 Å². The topological polar surface area (TPSA) is 89.3 Å². The van der Waals surface area contributed by atoms with Crippen molar-refractivity contribution in [2.75, 3.05) is 11.1 Å². The van der Waals surface area contributed by atoms with Crippen molar-refractivity contribution < 1.29 is 14.5 Å².